The number of thiophene rings is 1. The Morgan fingerprint density at radius 3 is 2.79 bits per heavy atom. The molecule has 2 rings (SSSR count). The number of aromatic carboxylic acids is 1. The number of carboxylic acids is 1. The fourth-order valence-electron chi connectivity index (χ4n) is 1.45. The van der Waals surface area contributed by atoms with Gasteiger partial charge >= 0.3 is 11.7 Å². The Kier molecular flexibility index (Phi) is 3.76. The molecule has 1 aromatic heterocycles. The number of nitro groups is 1. The van der Waals surface area contributed by atoms with Gasteiger partial charge in [0.15, 0.2) is 5.75 Å². The van der Waals surface area contributed by atoms with E-state index < -0.39 is 10.9 Å². The lowest BCUT2D eigenvalue weighted by Crippen LogP contribution is -2.02. The number of carboxylic acid groups (broad SMARTS) is 1. The van der Waals surface area contributed by atoms with Crippen molar-refractivity contribution in [2.24, 2.45) is 0 Å². The summed E-state index contributed by atoms with van der Waals surface area (Å²) in [6.45, 7) is 0.160. The molecule has 98 valence electrons. The van der Waals surface area contributed by atoms with Crippen LogP contribution >= 0.6 is 11.3 Å². The van der Waals surface area contributed by atoms with E-state index in [1.54, 1.807) is 0 Å². The maximum absolute atomic E-state index is 10.8. The largest absolute Gasteiger partial charge is 0.482 e. The molecule has 1 N–H and O–H groups in total. The molecule has 19 heavy (non-hydrogen) atoms. The second kappa shape index (κ2) is 5.49. The van der Waals surface area contributed by atoms with Gasteiger partial charge in [-0.05, 0) is 28.5 Å². The molecule has 0 bridgehead atoms. The van der Waals surface area contributed by atoms with E-state index in [-0.39, 0.29) is 23.6 Å². The fraction of sp³-hybridized carbons (Fsp3) is 0.0833. The summed E-state index contributed by atoms with van der Waals surface area (Å²) in [7, 11) is 0. The molecule has 0 aliphatic heterocycles. The van der Waals surface area contributed by atoms with Crippen LogP contribution in [0.4, 0.5) is 5.69 Å². The summed E-state index contributed by atoms with van der Waals surface area (Å²) in [5.74, 6) is -1.20. The molecule has 0 spiro atoms. The van der Waals surface area contributed by atoms with Gasteiger partial charge in [-0.2, -0.15) is 11.3 Å². The number of benzene rings is 1. The lowest BCUT2D eigenvalue weighted by Gasteiger charge is -2.06. The summed E-state index contributed by atoms with van der Waals surface area (Å²) in [6.07, 6.45) is 0. The Bertz CT molecular complexity index is 609. The first kappa shape index (κ1) is 13.0. The minimum atomic E-state index is -1.16. The average molecular weight is 279 g/mol. The van der Waals surface area contributed by atoms with Crippen LogP contribution in [0.15, 0.2) is 35.0 Å². The molecule has 6 nitrogen and oxygen atoms in total. The van der Waals surface area contributed by atoms with Crippen LogP contribution in [0.1, 0.15) is 15.9 Å². The maximum atomic E-state index is 10.8. The highest BCUT2D eigenvalue weighted by molar-refractivity contribution is 7.07. The SMILES string of the molecule is O=C(O)c1ccc([N+](=O)[O-])c(OCc2ccsc2)c1. The first-order valence-electron chi connectivity index (χ1n) is 5.23. The zero-order chi connectivity index (χ0) is 13.8. The van der Waals surface area contributed by atoms with E-state index >= 15 is 0 Å². The van der Waals surface area contributed by atoms with Crippen LogP contribution in [0, 0.1) is 10.1 Å². The first-order chi connectivity index (χ1) is 9.08. The van der Waals surface area contributed by atoms with Crippen molar-refractivity contribution in [1.82, 2.24) is 0 Å². The zero-order valence-electron chi connectivity index (χ0n) is 9.61. The molecular weight excluding hydrogens is 270 g/mol. The molecule has 0 aliphatic rings. The van der Waals surface area contributed by atoms with Gasteiger partial charge in [0.05, 0.1) is 10.5 Å². The van der Waals surface area contributed by atoms with Crippen molar-refractivity contribution < 1.29 is 19.6 Å². The predicted octanol–water partition coefficient (Wildman–Crippen LogP) is 2.93. The standard InChI is InChI=1S/C12H9NO5S/c14-12(15)9-1-2-10(13(16)17)11(5-9)18-6-8-3-4-19-7-8/h1-5,7H,6H2,(H,14,15). The number of nitro benzene ring substituents is 1. The molecule has 0 saturated carbocycles. The summed E-state index contributed by atoms with van der Waals surface area (Å²) in [4.78, 5) is 21.1. The summed E-state index contributed by atoms with van der Waals surface area (Å²) >= 11 is 1.49. The monoisotopic (exact) mass is 279 g/mol. The molecule has 1 heterocycles. The van der Waals surface area contributed by atoms with Crippen LogP contribution in [0.2, 0.25) is 0 Å². The van der Waals surface area contributed by atoms with Crippen molar-refractivity contribution >= 4 is 23.0 Å². The topological polar surface area (TPSA) is 89.7 Å². The van der Waals surface area contributed by atoms with Gasteiger partial charge in [-0.3, -0.25) is 10.1 Å². The van der Waals surface area contributed by atoms with Crippen LogP contribution < -0.4 is 4.74 Å². The summed E-state index contributed by atoms with van der Waals surface area (Å²) in [5.41, 5.74) is 0.575. The third-order valence-corrected chi connectivity index (χ3v) is 3.11. The Balaban J connectivity index is 2.27. The van der Waals surface area contributed by atoms with Crippen molar-refractivity contribution in [2.75, 3.05) is 0 Å². The second-order valence-electron chi connectivity index (χ2n) is 3.67. The van der Waals surface area contributed by atoms with Crippen molar-refractivity contribution in [2.45, 2.75) is 6.61 Å². The van der Waals surface area contributed by atoms with E-state index in [1.807, 2.05) is 16.8 Å². The highest BCUT2D eigenvalue weighted by Crippen LogP contribution is 2.29. The smallest absolute Gasteiger partial charge is 0.335 e. The number of rotatable bonds is 5. The molecule has 1 aromatic carbocycles. The molecule has 0 fully saturated rings. The van der Waals surface area contributed by atoms with Crippen LogP contribution in [0.25, 0.3) is 0 Å². The molecule has 0 radical (unpaired) electrons. The second-order valence-corrected chi connectivity index (χ2v) is 4.45. The predicted molar refractivity (Wildman–Crippen MR) is 68.7 cm³/mol. The quantitative estimate of drug-likeness (QED) is 0.671. The van der Waals surface area contributed by atoms with Crippen molar-refractivity contribution in [3.8, 4) is 5.75 Å². The molecular formula is C12H9NO5S. The fourth-order valence-corrected chi connectivity index (χ4v) is 2.10. The minimum Gasteiger partial charge on any atom is -0.482 e. The van der Waals surface area contributed by atoms with Gasteiger partial charge in [-0.1, -0.05) is 0 Å². The number of nitrogens with zero attached hydrogens (tertiary/aromatic N) is 1. The van der Waals surface area contributed by atoms with Crippen LogP contribution in [0.5, 0.6) is 5.75 Å². The number of ether oxygens (including phenoxy) is 1. The lowest BCUT2D eigenvalue weighted by atomic mass is 10.2. The van der Waals surface area contributed by atoms with E-state index in [0.29, 0.717) is 0 Å². The molecule has 7 heteroatoms. The summed E-state index contributed by atoms with van der Waals surface area (Å²) < 4.78 is 5.34. The minimum absolute atomic E-state index is 0.0453. The zero-order valence-corrected chi connectivity index (χ0v) is 10.4. The maximum Gasteiger partial charge on any atom is 0.335 e. The average Bonchev–Trinajstić information content (AvgIpc) is 2.88. The third kappa shape index (κ3) is 3.08. The summed E-state index contributed by atoms with van der Waals surface area (Å²) in [5, 5.41) is 23.4. The van der Waals surface area contributed by atoms with Gasteiger partial charge in [-0.15, -0.1) is 0 Å². The van der Waals surface area contributed by atoms with Gasteiger partial charge in [0, 0.05) is 12.1 Å². The van der Waals surface area contributed by atoms with Gasteiger partial charge in [0.1, 0.15) is 6.61 Å². The van der Waals surface area contributed by atoms with Crippen molar-refractivity contribution in [1.29, 1.82) is 0 Å². The molecule has 2 aromatic rings. The van der Waals surface area contributed by atoms with Crippen LogP contribution in [-0.4, -0.2) is 16.0 Å². The molecule has 0 atom stereocenters. The summed E-state index contributed by atoms with van der Waals surface area (Å²) in [6, 6.07) is 5.30. The molecule has 0 amide bonds. The first-order valence-corrected chi connectivity index (χ1v) is 6.18. The van der Waals surface area contributed by atoms with Crippen LogP contribution in [-0.2, 0) is 6.61 Å². The third-order valence-electron chi connectivity index (χ3n) is 2.38. The van der Waals surface area contributed by atoms with Crippen molar-refractivity contribution in [3.05, 3.63) is 56.3 Å². The van der Waals surface area contributed by atoms with E-state index in [2.05, 4.69) is 0 Å². The Morgan fingerprint density at radius 2 is 2.21 bits per heavy atom. The van der Waals surface area contributed by atoms with Gasteiger partial charge in [0.25, 0.3) is 0 Å². The van der Waals surface area contributed by atoms with Crippen molar-refractivity contribution in [3.63, 3.8) is 0 Å². The number of carbonyl (C=O) groups is 1. The van der Waals surface area contributed by atoms with Gasteiger partial charge in [-0.25, -0.2) is 4.79 Å². The number of hydrogen-bond acceptors (Lipinski definition) is 5. The van der Waals surface area contributed by atoms with Gasteiger partial charge in [0.2, 0.25) is 0 Å². The van der Waals surface area contributed by atoms with E-state index in [1.165, 1.54) is 17.4 Å². The Hall–Kier alpha value is -2.41. The van der Waals surface area contributed by atoms with E-state index in [4.69, 9.17) is 9.84 Å². The van der Waals surface area contributed by atoms with Crippen LogP contribution in [0.3, 0.4) is 0 Å². The Labute approximate surface area is 112 Å². The molecule has 0 saturated heterocycles. The Morgan fingerprint density at radius 1 is 1.42 bits per heavy atom. The highest BCUT2D eigenvalue weighted by atomic mass is 32.1. The van der Waals surface area contributed by atoms with E-state index in [9.17, 15) is 14.9 Å². The lowest BCUT2D eigenvalue weighted by molar-refractivity contribution is -0.385. The molecule has 0 unspecified atom stereocenters. The van der Waals surface area contributed by atoms with E-state index in [0.717, 1.165) is 17.7 Å². The van der Waals surface area contributed by atoms with Gasteiger partial charge < -0.3 is 9.84 Å². The molecule has 0 aliphatic carbocycles. The normalized spacial score (nSPS) is 10.1. The number of hydrogen-bond donors (Lipinski definition) is 1. The highest BCUT2D eigenvalue weighted by Gasteiger charge is 2.18.